The predicted octanol–water partition coefficient (Wildman–Crippen LogP) is 16.7. The molecule has 0 amide bonds. The minimum Gasteiger partial charge on any atom is -0.469 e. The van der Waals surface area contributed by atoms with Gasteiger partial charge in [0.15, 0.2) is 0 Å². The second kappa shape index (κ2) is 35.9. The molecule has 0 radical (unpaired) electrons. The number of hydrogen-bond donors (Lipinski definition) is 1. The summed E-state index contributed by atoms with van der Waals surface area (Å²) in [6.07, 6.45) is 44.0. The van der Waals surface area contributed by atoms with Crippen molar-refractivity contribution in [1.82, 2.24) is 0 Å². The van der Waals surface area contributed by atoms with Gasteiger partial charge in [-0.1, -0.05) is 193 Å². The molecule has 7 heteroatoms. The van der Waals surface area contributed by atoms with Crippen LogP contribution in [-0.2, 0) is 14.3 Å². The van der Waals surface area contributed by atoms with Crippen LogP contribution >= 0.6 is 0 Å². The lowest BCUT2D eigenvalue weighted by Gasteiger charge is -2.09. The average molecular weight is 1020 g/mol. The minimum atomic E-state index is -1.23. The van der Waals surface area contributed by atoms with Crippen molar-refractivity contribution in [3.63, 3.8) is 0 Å². The Morgan fingerprint density at radius 2 is 0.873 bits per heavy atom. The van der Waals surface area contributed by atoms with Crippen molar-refractivity contribution in [1.29, 1.82) is 0 Å². The lowest BCUT2D eigenvalue weighted by atomic mass is 9.97. The quantitative estimate of drug-likeness (QED) is 0.0222. The molecule has 3 saturated carbocycles. The summed E-state index contributed by atoms with van der Waals surface area (Å²) >= 11 is 0. The van der Waals surface area contributed by atoms with Crippen molar-refractivity contribution in [2.75, 3.05) is 13.7 Å². The summed E-state index contributed by atoms with van der Waals surface area (Å²) in [5, 5.41) is 8.84. The van der Waals surface area contributed by atoms with Gasteiger partial charge in [-0.2, -0.15) is 0 Å². The molecule has 3 rings (SSSR count). The first-order valence-corrected chi connectivity index (χ1v) is 38.6. The first-order valence-electron chi connectivity index (χ1n) is 28.1. The first-order chi connectivity index (χ1) is 33.4. The third kappa shape index (κ3) is 37.3. The molecule has 398 valence electrons. The summed E-state index contributed by atoms with van der Waals surface area (Å²) in [4.78, 5) is 21.5. The van der Waals surface area contributed by atoms with Gasteiger partial charge in [0, 0.05) is 38.7 Å². The molecule has 3 aliphatic carbocycles. The molecule has 0 aromatic heterocycles. The van der Waals surface area contributed by atoms with E-state index in [0.717, 1.165) is 105 Å². The van der Waals surface area contributed by atoms with Crippen molar-refractivity contribution in [2.24, 2.45) is 71.0 Å². The lowest BCUT2D eigenvalue weighted by molar-refractivity contribution is -0.140. The Hall–Kier alpha value is -3.13. The smallest absolute Gasteiger partial charge is 0.305 e. The van der Waals surface area contributed by atoms with E-state index < -0.39 is 24.2 Å². The maximum absolute atomic E-state index is 11.1. The summed E-state index contributed by atoms with van der Waals surface area (Å²) in [7, 11) is -2.20. The molecular weight excluding hydrogens is 917 g/mol. The van der Waals surface area contributed by atoms with Gasteiger partial charge >= 0.3 is 5.97 Å². The third-order valence-corrected chi connectivity index (χ3v) is 16.4. The number of aliphatic hydroxyl groups excluding tert-OH is 1. The maximum Gasteiger partial charge on any atom is 0.305 e. The number of unbranched alkanes of at least 4 members (excludes halogenated alkanes) is 2. The van der Waals surface area contributed by atoms with Gasteiger partial charge < -0.3 is 14.6 Å². The number of carbonyl (C=O) groups is 2. The van der Waals surface area contributed by atoms with Crippen molar-refractivity contribution in [3.8, 4) is 34.4 Å². The zero-order chi connectivity index (χ0) is 53.5. The van der Waals surface area contributed by atoms with Crippen molar-refractivity contribution >= 4 is 36.5 Å². The van der Waals surface area contributed by atoms with Gasteiger partial charge in [-0.05, 0) is 116 Å². The standard InChI is InChI=1S/C22H36O2Si.C21H36OSi.C21H34OSi/c1-18(12-10-16-25(4,5)6)11-7-8-14-20-17-21(20)19(2)13-9-15-22(23)24-3;2*1-18(12-10-16-23(3,4)5)11-6-7-14-20-17-21(20)19(2)13-8-9-15-22/h7-8,11,14,18-21H,9,12-13,15,17H2,1-6H3;6-7,11,14,18-22H,8-9,12-13,15,17H2,1-5H3;6-7,11,14-15,18-21H,8-9,12-13,17H2,1-5H3/b11-7+,14-8+;2*11-6+,14-7+/t3*18-,19-,20+,21+/m000/s1. The monoisotopic (exact) mass is 1020 g/mol. The van der Waals surface area contributed by atoms with Gasteiger partial charge in [0.2, 0.25) is 0 Å². The number of methoxy groups -OCH3 is 1. The zero-order valence-electron chi connectivity index (χ0n) is 48.4. The molecule has 0 spiro atoms. The highest BCUT2D eigenvalue weighted by Crippen LogP contribution is 2.48. The van der Waals surface area contributed by atoms with Crippen LogP contribution in [0.5, 0.6) is 0 Å². The van der Waals surface area contributed by atoms with Crippen LogP contribution in [0.3, 0.4) is 0 Å². The average Bonchev–Trinajstić information content (AvgIpc) is 4.18. The van der Waals surface area contributed by atoms with Gasteiger partial charge in [0.1, 0.15) is 30.5 Å². The Morgan fingerprint density at radius 3 is 1.18 bits per heavy atom. The van der Waals surface area contributed by atoms with E-state index in [-0.39, 0.29) is 5.97 Å². The fourth-order valence-electron chi connectivity index (χ4n) is 8.77. The first kappa shape index (κ1) is 65.9. The summed E-state index contributed by atoms with van der Waals surface area (Å²) in [6, 6.07) is 0. The molecular formula is C64H106O4Si3. The lowest BCUT2D eigenvalue weighted by Crippen LogP contribution is -2.16. The van der Waals surface area contributed by atoms with Crippen molar-refractivity contribution in [3.05, 3.63) is 72.9 Å². The molecule has 0 unspecified atom stereocenters. The van der Waals surface area contributed by atoms with E-state index in [2.05, 4.69) is 208 Å². The van der Waals surface area contributed by atoms with E-state index in [1.165, 1.54) is 45.6 Å². The second-order valence-electron chi connectivity index (χ2n) is 24.9. The molecule has 0 aliphatic heterocycles. The van der Waals surface area contributed by atoms with Gasteiger partial charge in [0.25, 0.3) is 0 Å². The van der Waals surface area contributed by atoms with Crippen LogP contribution in [-0.4, -0.2) is 55.3 Å². The van der Waals surface area contributed by atoms with Crippen LogP contribution in [0.25, 0.3) is 0 Å². The summed E-state index contributed by atoms with van der Waals surface area (Å²) in [5.41, 5.74) is 10.3. The number of aldehydes is 1. The number of allylic oxidation sites excluding steroid dienone is 12. The highest BCUT2D eigenvalue weighted by molar-refractivity contribution is 6.84. The van der Waals surface area contributed by atoms with E-state index >= 15 is 0 Å². The van der Waals surface area contributed by atoms with E-state index in [1.54, 1.807) is 0 Å². The third-order valence-electron chi connectivity index (χ3n) is 13.6. The second-order valence-corrected chi connectivity index (χ2v) is 39.2. The summed E-state index contributed by atoms with van der Waals surface area (Å²) < 4.78 is 4.69. The summed E-state index contributed by atoms with van der Waals surface area (Å²) in [6.45, 7) is 34.6. The minimum absolute atomic E-state index is 0.0896. The SMILES string of the molecule is COC(=O)CCC[C@H](C)[C@H]1C[C@H]1/C=C/C=C/[C@H](C)CC#C[Si](C)(C)C.C[C@@H](/C=C/C=C/[C@@H]1C[C@@H]1[C@@H](C)CCCC=O)CC#C[Si](C)(C)C.C[C@@H](/C=C/C=C/[C@@H]1C[C@@H]1[C@@H](C)CCCCO)CC#C[Si](C)(C)C. The van der Waals surface area contributed by atoms with Gasteiger partial charge in [-0.3, -0.25) is 4.79 Å². The molecule has 71 heavy (non-hydrogen) atoms. The fourth-order valence-corrected chi connectivity index (χ4v) is 10.7. The van der Waals surface area contributed by atoms with E-state index in [9.17, 15) is 9.59 Å². The van der Waals surface area contributed by atoms with Crippen LogP contribution < -0.4 is 0 Å². The topological polar surface area (TPSA) is 63.6 Å². The van der Waals surface area contributed by atoms with Crippen LogP contribution in [0.1, 0.15) is 138 Å². The molecule has 3 fully saturated rings. The Balaban J connectivity index is 0.000000533. The number of esters is 1. The number of hydrogen-bond acceptors (Lipinski definition) is 4. The number of carbonyl (C=O) groups excluding carboxylic acids is 2. The normalized spacial score (nSPS) is 23.2. The van der Waals surface area contributed by atoms with Crippen LogP contribution in [0.2, 0.25) is 58.9 Å². The van der Waals surface area contributed by atoms with Gasteiger partial charge in [-0.15, -0.1) is 34.4 Å². The van der Waals surface area contributed by atoms with Crippen molar-refractivity contribution in [2.45, 2.75) is 197 Å². The Morgan fingerprint density at radius 1 is 0.535 bits per heavy atom. The molecule has 1 N–H and O–H groups in total. The zero-order valence-corrected chi connectivity index (χ0v) is 51.4. The van der Waals surface area contributed by atoms with E-state index in [4.69, 9.17) is 9.84 Å². The molecule has 0 aromatic carbocycles. The highest BCUT2D eigenvalue weighted by Gasteiger charge is 2.40. The Labute approximate surface area is 442 Å². The Bertz CT molecular complexity index is 1880. The fraction of sp³-hybridized carbons (Fsp3) is 0.688. The number of rotatable bonds is 27. The van der Waals surface area contributed by atoms with Crippen LogP contribution in [0, 0.1) is 105 Å². The van der Waals surface area contributed by atoms with Crippen LogP contribution in [0.15, 0.2) is 72.9 Å². The largest absolute Gasteiger partial charge is 0.469 e. The number of aliphatic hydroxyl groups is 1. The van der Waals surface area contributed by atoms with Crippen molar-refractivity contribution < 1.29 is 19.4 Å². The Kier molecular flexibility index (Phi) is 33.3. The molecule has 0 aromatic rings. The molecule has 12 atom stereocenters. The highest BCUT2D eigenvalue weighted by atomic mass is 28.3. The van der Waals surface area contributed by atoms with E-state index in [1.807, 2.05) is 0 Å². The molecule has 0 saturated heterocycles. The van der Waals surface area contributed by atoms with Crippen LogP contribution in [0.4, 0.5) is 0 Å². The molecule has 3 aliphatic rings. The molecule has 0 bridgehead atoms. The predicted molar refractivity (Wildman–Crippen MR) is 319 cm³/mol. The maximum atomic E-state index is 11.1. The molecule has 0 heterocycles. The molecule has 4 nitrogen and oxygen atoms in total. The van der Waals surface area contributed by atoms with Gasteiger partial charge in [-0.25, -0.2) is 0 Å². The van der Waals surface area contributed by atoms with E-state index in [0.29, 0.717) is 36.7 Å². The summed E-state index contributed by atoms with van der Waals surface area (Å²) in [5.74, 6) is 18.6. The van der Waals surface area contributed by atoms with Gasteiger partial charge in [0.05, 0.1) is 7.11 Å². The number of ether oxygens (including phenoxy) is 1.